The second kappa shape index (κ2) is 6.72. The molecule has 0 heterocycles. The van der Waals surface area contributed by atoms with Gasteiger partial charge in [0.15, 0.2) is 0 Å². The van der Waals surface area contributed by atoms with Crippen LogP contribution in [-0.2, 0) is 26.8 Å². The molecule has 1 aromatic carbocycles. The molecule has 0 bridgehead atoms. The van der Waals surface area contributed by atoms with Crippen LogP contribution in [0.15, 0.2) is 12.1 Å². The Labute approximate surface area is 134 Å². The van der Waals surface area contributed by atoms with Crippen LogP contribution < -0.4 is 0 Å². The van der Waals surface area contributed by atoms with Gasteiger partial charge in [0.25, 0.3) is 0 Å². The van der Waals surface area contributed by atoms with E-state index in [4.69, 9.17) is 4.74 Å². The molecule has 0 saturated heterocycles. The quantitative estimate of drug-likeness (QED) is 0.834. The zero-order valence-corrected chi connectivity index (χ0v) is 15.0. The van der Waals surface area contributed by atoms with Crippen molar-refractivity contribution in [1.82, 2.24) is 0 Å². The van der Waals surface area contributed by atoms with E-state index in [2.05, 4.69) is 41.5 Å². The number of esters is 1. The van der Waals surface area contributed by atoms with Gasteiger partial charge < -0.3 is 9.84 Å². The number of phenolic OH excluding ortho intramolecular Hbond substituents is 1. The van der Waals surface area contributed by atoms with Crippen LogP contribution in [0.25, 0.3) is 0 Å². The van der Waals surface area contributed by atoms with Crippen LogP contribution in [0.2, 0.25) is 0 Å². The molecule has 1 N–H and O–H groups in total. The van der Waals surface area contributed by atoms with Gasteiger partial charge in [-0.1, -0.05) is 47.6 Å². The highest BCUT2D eigenvalue weighted by atomic mass is 16.5. The molecule has 1 aromatic rings. The third-order valence-corrected chi connectivity index (χ3v) is 3.67. The normalized spacial score (nSPS) is 12.3. The molecular weight excluding hydrogens is 276 g/mol. The molecule has 0 radical (unpaired) electrons. The van der Waals surface area contributed by atoms with Crippen molar-refractivity contribution < 1.29 is 14.6 Å². The zero-order valence-electron chi connectivity index (χ0n) is 15.0. The van der Waals surface area contributed by atoms with Gasteiger partial charge in [-0.25, -0.2) is 0 Å². The first-order valence-corrected chi connectivity index (χ1v) is 8.00. The number of rotatable bonds is 4. The third kappa shape index (κ3) is 4.49. The van der Waals surface area contributed by atoms with E-state index in [1.54, 1.807) is 6.07 Å². The minimum Gasteiger partial charge on any atom is -0.508 e. The molecule has 0 aromatic heterocycles. The molecule has 22 heavy (non-hydrogen) atoms. The van der Waals surface area contributed by atoms with Crippen molar-refractivity contribution in [3.8, 4) is 5.75 Å². The fourth-order valence-electron chi connectivity index (χ4n) is 2.93. The monoisotopic (exact) mass is 306 g/mol. The van der Waals surface area contributed by atoms with Gasteiger partial charge in [-0.2, -0.15) is 0 Å². The number of hydrogen-bond donors (Lipinski definition) is 1. The lowest BCUT2D eigenvalue weighted by Crippen LogP contribution is -2.24. The first-order chi connectivity index (χ1) is 9.98. The molecule has 0 fully saturated rings. The Morgan fingerprint density at radius 3 is 2.05 bits per heavy atom. The summed E-state index contributed by atoms with van der Waals surface area (Å²) in [6.45, 7) is 15.0. The lowest BCUT2D eigenvalue weighted by atomic mass is 9.72. The summed E-state index contributed by atoms with van der Waals surface area (Å²) in [5.41, 5.74) is 2.96. The van der Waals surface area contributed by atoms with Gasteiger partial charge in [0.05, 0.1) is 6.61 Å². The average Bonchev–Trinajstić information content (AvgIpc) is 2.34. The third-order valence-electron chi connectivity index (χ3n) is 3.67. The highest BCUT2D eigenvalue weighted by Gasteiger charge is 2.30. The van der Waals surface area contributed by atoms with Crippen LogP contribution in [0.1, 0.15) is 71.6 Å². The molecule has 0 unspecified atom stereocenters. The van der Waals surface area contributed by atoms with Crippen LogP contribution >= 0.6 is 0 Å². The van der Waals surface area contributed by atoms with Crippen LogP contribution in [-0.4, -0.2) is 17.7 Å². The van der Waals surface area contributed by atoms with Crippen molar-refractivity contribution in [2.24, 2.45) is 0 Å². The maximum Gasteiger partial charge on any atom is 0.306 e. The maximum atomic E-state index is 11.7. The number of carbonyl (C=O) groups excluding carboxylic acids is 1. The van der Waals surface area contributed by atoms with E-state index in [0.29, 0.717) is 25.2 Å². The summed E-state index contributed by atoms with van der Waals surface area (Å²) in [5, 5.41) is 10.4. The predicted octanol–water partition coefficient (Wildman–Crippen LogP) is 4.48. The molecule has 3 nitrogen and oxygen atoms in total. The van der Waals surface area contributed by atoms with Gasteiger partial charge in [0.1, 0.15) is 5.75 Å². The number of benzene rings is 1. The highest BCUT2D eigenvalue weighted by Crippen LogP contribution is 2.41. The second-order valence-corrected chi connectivity index (χ2v) is 7.80. The second-order valence-electron chi connectivity index (χ2n) is 7.80. The minimum atomic E-state index is -0.173. The number of hydrogen-bond acceptors (Lipinski definition) is 3. The lowest BCUT2D eigenvalue weighted by Gasteiger charge is -2.33. The van der Waals surface area contributed by atoms with Gasteiger partial charge in [-0.15, -0.1) is 0 Å². The number of aryl methyl sites for hydroxylation is 1. The number of carbonyl (C=O) groups is 1. The molecule has 0 saturated carbocycles. The smallest absolute Gasteiger partial charge is 0.306 e. The summed E-state index contributed by atoms with van der Waals surface area (Å²) < 4.78 is 5.02. The fraction of sp³-hybridized carbons (Fsp3) is 0.632. The maximum absolute atomic E-state index is 11.7. The molecular formula is C19H30O3. The Morgan fingerprint density at radius 1 is 1.05 bits per heavy atom. The van der Waals surface area contributed by atoms with Crippen molar-refractivity contribution in [2.45, 2.75) is 72.1 Å². The van der Waals surface area contributed by atoms with E-state index < -0.39 is 0 Å². The summed E-state index contributed by atoms with van der Waals surface area (Å²) in [7, 11) is 0. The van der Waals surface area contributed by atoms with Gasteiger partial charge in [-0.3, -0.25) is 4.79 Å². The van der Waals surface area contributed by atoms with Gasteiger partial charge >= 0.3 is 5.97 Å². The van der Waals surface area contributed by atoms with Gasteiger partial charge in [0.2, 0.25) is 0 Å². The highest BCUT2D eigenvalue weighted by molar-refractivity contribution is 5.70. The summed E-state index contributed by atoms with van der Waals surface area (Å²) in [5.74, 6) is 0.157. The Bertz CT molecular complexity index is 531. The van der Waals surface area contributed by atoms with E-state index in [9.17, 15) is 9.90 Å². The first-order valence-electron chi connectivity index (χ1n) is 8.00. The molecule has 3 heteroatoms. The summed E-state index contributed by atoms with van der Waals surface area (Å²) in [6.07, 6.45) is 1.00. The Morgan fingerprint density at radius 2 is 1.59 bits per heavy atom. The summed E-state index contributed by atoms with van der Waals surface area (Å²) >= 11 is 0. The van der Waals surface area contributed by atoms with E-state index in [-0.39, 0.29) is 16.8 Å². The van der Waals surface area contributed by atoms with Crippen molar-refractivity contribution in [3.63, 3.8) is 0 Å². The van der Waals surface area contributed by atoms with Crippen LogP contribution in [0, 0.1) is 0 Å². The Balaban J connectivity index is 3.32. The van der Waals surface area contributed by atoms with Gasteiger partial charge in [0, 0.05) is 12.0 Å². The van der Waals surface area contributed by atoms with Crippen molar-refractivity contribution in [2.75, 3.05) is 6.61 Å². The molecule has 0 amide bonds. The van der Waals surface area contributed by atoms with E-state index in [0.717, 1.165) is 16.7 Å². The first kappa shape index (κ1) is 18.5. The van der Waals surface area contributed by atoms with Crippen LogP contribution in [0.5, 0.6) is 5.75 Å². The average molecular weight is 306 g/mol. The lowest BCUT2D eigenvalue weighted by molar-refractivity contribution is -0.143. The van der Waals surface area contributed by atoms with Crippen molar-refractivity contribution >= 4 is 5.97 Å². The summed E-state index contributed by atoms with van der Waals surface area (Å²) in [6, 6.07) is 3.68. The summed E-state index contributed by atoms with van der Waals surface area (Å²) in [4.78, 5) is 11.7. The Kier molecular flexibility index (Phi) is 5.66. The molecule has 0 atom stereocenters. The molecule has 0 aliphatic heterocycles. The topological polar surface area (TPSA) is 46.5 Å². The van der Waals surface area contributed by atoms with E-state index in [1.165, 1.54) is 0 Å². The molecule has 0 aliphatic rings. The molecule has 0 aliphatic carbocycles. The SMILES string of the molecule is CCOC(=O)CCc1ccc(O)c(C(C)(C)C)c1C(C)(C)C. The zero-order chi connectivity index (χ0) is 17.1. The van der Waals surface area contributed by atoms with Gasteiger partial charge in [-0.05, 0) is 41.4 Å². The predicted molar refractivity (Wildman–Crippen MR) is 90.5 cm³/mol. The standard InChI is InChI=1S/C19H30O3/c1-8-22-15(21)12-10-13-9-11-14(20)17(19(5,6)7)16(13)18(2,3)4/h9,11,20H,8,10,12H2,1-7H3. The molecule has 124 valence electrons. The minimum absolute atomic E-state index is 0.106. The fourth-order valence-corrected chi connectivity index (χ4v) is 2.93. The number of ether oxygens (including phenoxy) is 1. The molecule has 1 rings (SSSR count). The van der Waals surface area contributed by atoms with Crippen molar-refractivity contribution in [1.29, 1.82) is 0 Å². The van der Waals surface area contributed by atoms with E-state index in [1.807, 2.05) is 13.0 Å². The van der Waals surface area contributed by atoms with Crippen LogP contribution in [0.3, 0.4) is 0 Å². The number of aromatic hydroxyl groups is 1. The molecule has 0 spiro atoms. The largest absolute Gasteiger partial charge is 0.508 e. The van der Waals surface area contributed by atoms with Crippen LogP contribution in [0.4, 0.5) is 0 Å². The Hall–Kier alpha value is -1.51. The van der Waals surface area contributed by atoms with Crippen molar-refractivity contribution in [3.05, 3.63) is 28.8 Å². The van der Waals surface area contributed by atoms with E-state index >= 15 is 0 Å². The number of phenols is 1.